The molecule has 0 atom stereocenters. The van der Waals surface area contributed by atoms with Crippen molar-refractivity contribution in [2.75, 3.05) is 0 Å². The Morgan fingerprint density at radius 1 is 0.880 bits per heavy atom. The molecule has 0 unspecified atom stereocenters. The molecular formula is C21H19N3O. The number of aryl methyl sites for hydroxylation is 2. The average molecular weight is 329 g/mol. The number of hydrogen-bond acceptors (Lipinski definition) is 3. The maximum atomic E-state index is 12.4. The number of amides is 1. The molecule has 0 fully saturated rings. The Hall–Kier alpha value is -3.27. The van der Waals surface area contributed by atoms with Gasteiger partial charge in [0, 0.05) is 17.3 Å². The van der Waals surface area contributed by atoms with Gasteiger partial charge in [-0.05, 0) is 49.2 Å². The predicted molar refractivity (Wildman–Crippen MR) is 99.7 cm³/mol. The third-order valence-electron chi connectivity index (χ3n) is 3.99. The number of nitrogens with zero attached hydrogens (tertiary/aromatic N) is 2. The zero-order chi connectivity index (χ0) is 17.6. The van der Waals surface area contributed by atoms with Gasteiger partial charge in [-0.2, -0.15) is 5.10 Å². The Kier molecular flexibility index (Phi) is 5.00. The molecule has 1 N–H and O–H groups in total. The molecular weight excluding hydrogens is 310 g/mol. The van der Waals surface area contributed by atoms with Gasteiger partial charge in [-0.1, -0.05) is 42.5 Å². The molecule has 0 spiro atoms. The van der Waals surface area contributed by atoms with Crippen molar-refractivity contribution in [1.29, 1.82) is 0 Å². The van der Waals surface area contributed by atoms with E-state index in [1.165, 1.54) is 0 Å². The van der Waals surface area contributed by atoms with Crippen molar-refractivity contribution < 1.29 is 4.79 Å². The van der Waals surface area contributed by atoms with E-state index in [0.29, 0.717) is 17.0 Å². The number of benzene rings is 2. The highest BCUT2D eigenvalue weighted by Gasteiger charge is 2.10. The zero-order valence-electron chi connectivity index (χ0n) is 14.2. The van der Waals surface area contributed by atoms with Gasteiger partial charge in [0.25, 0.3) is 5.91 Å². The van der Waals surface area contributed by atoms with Crippen LogP contribution < -0.4 is 5.43 Å². The maximum absolute atomic E-state index is 12.4. The molecule has 0 saturated heterocycles. The van der Waals surface area contributed by atoms with E-state index in [-0.39, 0.29) is 5.91 Å². The van der Waals surface area contributed by atoms with Crippen LogP contribution in [-0.4, -0.2) is 16.6 Å². The van der Waals surface area contributed by atoms with Crippen LogP contribution in [0.25, 0.3) is 0 Å². The van der Waals surface area contributed by atoms with Gasteiger partial charge in [-0.3, -0.25) is 9.78 Å². The molecule has 1 amide bonds. The topological polar surface area (TPSA) is 54.4 Å². The summed E-state index contributed by atoms with van der Waals surface area (Å²) in [6, 6.07) is 20.9. The van der Waals surface area contributed by atoms with Gasteiger partial charge in [0.2, 0.25) is 0 Å². The lowest BCUT2D eigenvalue weighted by atomic mass is 10.1. The number of rotatable bonds is 4. The number of aromatic nitrogens is 1. The van der Waals surface area contributed by atoms with Crippen molar-refractivity contribution >= 4 is 11.6 Å². The molecule has 1 heterocycles. The second-order valence-electron chi connectivity index (χ2n) is 5.78. The molecule has 2 aromatic carbocycles. The summed E-state index contributed by atoms with van der Waals surface area (Å²) in [5.74, 6) is -0.243. The van der Waals surface area contributed by atoms with Gasteiger partial charge in [-0.15, -0.1) is 0 Å². The highest BCUT2D eigenvalue weighted by Crippen LogP contribution is 2.11. The largest absolute Gasteiger partial charge is 0.271 e. The number of hydrogen-bond donors (Lipinski definition) is 1. The van der Waals surface area contributed by atoms with Crippen LogP contribution in [0.2, 0.25) is 0 Å². The molecule has 0 saturated carbocycles. The molecule has 4 nitrogen and oxygen atoms in total. The monoisotopic (exact) mass is 329 g/mol. The molecule has 3 rings (SSSR count). The van der Waals surface area contributed by atoms with Gasteiger partial charge in [0.05, 0.1) is 5.69 Å². The zero-order valence-corrected chi connectivity index (χ0v) is 14.2. The highest BCUT2D eigenvalue weighted by atomic mass is 16.2. The molecule has 1 aromatic heterocycles. The fourth-order valence-corrected chi connectivity index (χ4v) is 2.42. The van der Waals surface area contributed by atoms with Crippen LogP contribution in [0.15, 0.2) is 78.0 Å². The van der Waals surface area contributed by atoms with E-state index in [2.05, 4.69) is 15.5 Å². The normalized spacial score (nSPS) is 11.2. The number of hydrazone groups is 1. The van der Waals surface area contributed by atoms with E-state index in [9.17, 15) is 4.79 Å². The minimum atomic E-state index is -0.243. The number of pyridine rings is 1. The summed E-state index contributed by atoms with van der Waals surface area (Å²) in [6.45, 7) is 4.00. The Balaban J connectivity index is 1.91. The van der Waals surface area contributed by atoms with Crippen molar-refractivity contribution in [3.05, 3.63) is 101 Å². The minimum absolute atomic E-state index is 0.243. The van der Waals surface area contributed by atoms with E-state index < -0.39 is 0 Å². The quantitative estimate of drug-likeness (QED) is 0.583. The van der Waals surface area contributed by atoms with Gasteiger partial charge in [0.1, 0.15) is 5.71 Å². The smallest absolute Gasteiger partial charge is 0.267 e. The standard InChI is InChI=1S/C21H19N3O/c1-15-11-12-18(14-16(15)2)21(25)24-23-20(17-8-4-3-5-9-17)19-10-6-7-13-22-19/h3-14H,1-2H3,(H,24,25). The van der Waals surface area contributed by atoms with Crippen LogP contribution in [0.5, 0.6) is 0 Å². The van der Waals surface area contributed by atoms with Crippen LogP contribution in [-0.2, 0) is 0 Å². The second kappa shape index (κ2) is 7.53. The molecule has 4 heteroatoms. The van der Waals surface area contributed by atoms with Crippen LogP contribution in [0.4, 0.5) is 0 Å². The number of carbonyl (C=O) groups is 1. The lowest BCUT2D eigenvalue weighted by Crippen LogP contribution is -2.21. The lowest BCUT2D eigenvalue weighted by molar-refractivity contribution is 0.0955. The SMILES string of the molecule is Cc1ccc(C(=O)NN=C(c2ccccc2)c2ccccn2)cc1C. The van der Waals surface area contributed by atoms with Gasteiger partial charge in [0.15, 0.2) is 0 Å². The van der Waals surface area contributed by atoms with Crippen LogP contribution in [0, 0.1) is 13.8 Å². The molecule has 0 bridgehead atoms. The highest BCUT2D eigenvalue weighted by molar-refractivity contribution is 6.12. The first kappa shape index (κ1) is 16.6. The summed E-state index contributed by atoms with van der Waals surface area (Å²) in [5, 5.41) is 4.35. The summed E-state index contributed by atoms with van der Waals surface area (Å²) < 4.78 is 0. The summed E-state index contributed by atoms with van der Waals surface area (Å²) in [5.41, 5.74) is 7.68. The summed E-state index contributed by atoms with van der Waals surface area (Å²) in [7, 11) is 0. The second-order valence-corrected chi connectivity index (χ2v) is 5.78. The van der Waals surface area contributed by atoms with Crippen LogP contribution >= 0.6 is 0 Å². The summed E-state index contributed by atoms with van der Waals surface area (Å²) >= 11 is 0. The van der Waals surface area contributed by atoms with Crippen molar-refractivity contribution in [2.45, 2.75) is 13.8 Å². The van der Waals surface area contributed by atoms with Gasteiger partial charge in [-0.25, -0.2) is 5.43 Å². The molecule has 0 aliphatic carbocycles. The number of carbonyl (C=O) groups excluding carboxylic acids is 1. The fourth-order valence-electron chi connectivity index (χ4n) is 2.42. The van der Waals surface area contributed by atoms with E-state index in [4.69, 9.17) is 0 Å². The maximum Gasteiger partial charge on any atom is 0.271 e. The molecule has 0 aliphatic heterocycles. The van der Waals surface area contributed by atoms with Gasteiger partial charge < -0.3 is 0 Å². The molecule has 25 heavy (non-hydrogen) atoms. The minimum Gasteiger partial charge on any atom is -0.267 e. The van der Waals surface area contributed by atoms with E-state index in [0.717, 1.165) is 16.7 Å². The Morgan fingerprint density at radius 3 is 2.32 bits per heavy atom. The lowest BCUT2D eigenvalue weighted by Gasteiger charge is -2.08. The van der Waals surface area contributed by atoms with Crippen molar-refractivity contribution in [3.63, 3.8) is 0 Å². The fraction of sp³-hybridized carbons (Fsp3) is 0.0952. The predicted octanol–water partition coefficient (Wildman–Crippen LogP) is 3.88. The molecule has 3 aromatic rings. The van der Waals surface area contributed by atoms with Crippen molar-refractivity contribution in [3.8, 4) is 0 Å². The first-order valence-electron chi connectivity index (χ1n) is 8.07. The van der Waals surface area contributed by atoms with Crippen molar-refractivity contribution in [2.24, 2.45) is 5.10 Å². The van der Waals surface area contributed by atoms with Crippen LogP contribution in [0.1, 0.15) is 32.7 Å². The Bertz CT molecular complexity index is 861. The van der Waals surface area contributed by atoms with Gasteiger partial charge >= 0.3 is 0 Å². The Labute approximate surface area is 147 Å². The Morgan fingerprint density at radius 2 is 1.64 bits per heavy atom. The third kappa shape index (κ3) is 3.98. The van der Waals surface area contributed by atoms with E-state index >= 15 is 0 Å². The first-order valence-corrected chi connectivity index (χ1v) is 8.07. The molecule has 0 radical (unpaired) electrons. The number of nitrogens with one attached hydrogen (secondary N) is 1. The van der Waals surface area contributed by atoms with E-state index in [1.807, 2.05) is 74.5 Å². The first-order chi connectivity index (χ1) is 12.1. The molecule has 0 aliphatic rings. The third-order valence-corrected chi connectivity index (χ3v) is 3.99. The molecule has 124 valence electrons. The summed E-state index contributed by atoms with van der Waals surface area (Å²) in [6.07, 6.45) is 1.71. The summed E-state index contributed by atoms with van der Waals surface area (Å²) in [4.78, 5) is 16.8. The van der Waals surface area contributed by atoms with Crippen LogP contribution in [0.3, 0.4) is 0 Å². The average Bonchev–Trinajstić information content (AvgIpc) is 2.66. The van der Waals surface area contributed by atoms with E-state index in [1.54, 1.807) is 12.3 Å². The van der Waals surface area contributed by atoms with Crippen molar-refractivity contribution in [1.82, 2.24) is 10.4 Å².